The first-order valence-corrected chi connectivity index (χ1v) is 5.56. The van der Waals surface area contributed by atoms with Gasteiger partial charge < -0.3 is 9.47 Å². The van der Waals surface area contributed by atoms with E-state index in [2.05, 4.69) is 6.07 Å². The summed E-state index contributed by atoms with van der Waals surface area (Å²) < 4.78 is 10.7. The zero-order valence-electron chi connectivity index (χ0n) is 9.15. The summed E-state index contributed by atoms with van der Waals surface area (Å²) in [5, 5.41) is 8.71. The maximum atomic E-state index is 8.71. The molecule has 0 amide bonds. The molecule has 1 unspecified atom stereocenters. The molecule has 0 N–H and O–H groups in total. The lowest BCUT2D eigenvalue weighted by molar-refractivity contribution is 0.279. The van der Waals surface area contributed by atoms with Gasteiger partial charge in [-0.15, -0.1) is 11.6 Å². The predicted molar refractivity (Wildman–Crippen MR) is 62.9 cm³/mol. The molecular formula is C12H14ClNO2. The van der Waals surface area contributed by atoms with Crippen LogP contribution < -0.4 is 9.47 Å². The number of alkyl halides is 1. The predicted octanol–water partition coefficient (Wildman–Crippen LogP) is 2.84. The van der Waals surface area contributed by atoms with E-state index in [0.29, 0.717) is 30.4 Å². The van der Waals surface area contributed by atoms with Gasteiger partial charge in [0.2, 0.25) is 0 Å². The number of methoxy groups -OCH3 is 1. The Labute approximate surface area is 101 Å². The molecule has 16 heavy (non-hydrogen) atoms. The fourth-order valence-corrected chi connectivity index (χ4v) is 1.45. The minimum absolute atomic E-state index is 0.156. The average Bonchev–Trinajstić information content (AvgIpc) is 2.35. The van der Waals surface area contributed by atoms with Crippen LogP contribution in [0.15, 0.2) is 24.3 Å². The molecule has 4 heteroatoms. The van der Waals surface area contributed by atoms with Gasteiger partial charge in [0.05, 0.1) is 25.7 Å². The van der Waals surface area contributed by atoms with Crippen LogP contribution in [0.2, 0.25) is 0 Å². The molecular weight excluding hydrogens is 226 g/mol. The van der Waals surface area contributed by atoms with Gasteiger partial charge in [0.15, 0.2) is 11.5 Å². The molecule has 1 atom stereocenters. The Bertz CT molecular complexity index is 362. The number of ether oxygens (including phenoxy) is 2. The molecule has 1 aromatic carbocycles. The van der Waals surface area contributed by atoms with Crippen molar-refractivity contribution < 1.29 is 9.47 Å². The first-order chi connectivity index (χ1) is 7.81. The Hall–Kier alpha value is -1.40. The molecule has 0 aliphatic rings. The van der Waals surface area contributed by atoms with Crippen LogP contribution in [0, 0.1) is 17.2 Å². The molecule has 0 aliphatic heterocycles. The Morgan fingerprint density at radius 2 is 2.06 bits per heavy atom. The van der Waals surface area contributed by atoms with Crippen LogP contribution in [-0.4, -0.2) is 19.6 Å². The lowest BCUT2D eigenvalue weighted by Gasteiger charge is -2.11. The lowest BCUT2D eigenvalue weighted by Crippen LogP contribution is -2.07. The smallest absolute Gasteiger partial charge is 0.161 e. The molecule has 0 spiro atoms. The van der Waals surface area contributed by atoms with Crippen molar-refractivity contribution in [2.75, 3.05) is 19.6 Å². The highest BCUT2D eigenvalue weighted by Gasteiger charge is 2.07. The van der Waals surface area contributed by atoms with Crippen LogP contribution in [0.5, 0.6) is 11.5 Å². The lowest BCUT2D eigenvalue weighted by atomic mass is 10.1. The van der Waals surface area contributed by atoms with Crippen LogP contribution in [0.4, 0.5) is 0 Å². The standard InChI is InChI=1S/C12H14ClNO2/c1-15-11-4-2-3-5-12(11)16-7-6-10(8-13)9-14/h2-5,10H,6-8H2,1H3. The van der Waals surface area contributed by atoms with Crippen LogP contribution in [0.25, 0.3) is 0 Å². The van der Waals surface area contributed by atoms with Crippen molar-refractivity contribution in [1.82, 2.24) is 0 Å². The van der Waals surface area contributed by atoms with E-state index in [-0.39, 0.29) is 5.92 Å². The molecule has 86 valence electrons. The van der Waals surface area contributed by atoms with Crippen molar-refractivity contribution in [3.05, 3.63) is 24.3 Å². The second-order valence-electron chi connectivity index (χ2n) is 3.27. The van der Waals surface area contributed by atoms with E-state index in [1.165, 1.54) is 0 Å². The highest BCUT2D eigenvalue weighted by molar-refractivity contribution is 6.18. The van der Waals surface area contributed by atoms with Crippen LogP contribution in [0.3, 0.4) is 0 Å². The molecule has 0 aliphatic carbocycles. The molecule has 0 fully saturated rings. The second kappa shape index (κ2) is 6.97. The Morgan fingerprint density at radius 1 is 1.38 bits per heavy atom. The van der Waals surface area contributed by atoms with E-state index in [1.54, 1.807) is 7.11 Å². The van der Waals surface area contributed by atoms with Crippen molar-refractivity contribution in [3.8, 4) is 17.6 Å². The number of rotatable bonds is 6. The average molecular weight is 240 g/mol. The summed E-state index contributed by atoms with van der Waals surface area (Å²) >= 11 is 5.61. The fourth-order valence-electron chi connectivity index (χ4n) is 1.23. The molecule has 0 radical (unpaired) electrons. The van der Waals surface area contributed by atoms with Gasteiger partial charge in [0.25, 0.3) is 0 Å². The number of nitrogens with zero attached hydrogens (tertiary/aromatic N) is 1. The van der Waals surface area contributed by atoms with E-state index >= 15 is 0 Å². The molecule has 1 aromatic rings. The summed E-state index contributed by atoms with van der Waals surface area (Å²) in [5.41, 5.74) is 0. The fraction of sp³-hybridized carbons (Fsp3) is 0.417. The quantitative estimate of drug-likeness (QED) is 0.717. The van der Waals surface area contributed by atoms with Crippen molar-refractivity contribution >= 4 is 11.6 Å². The van der Waals surface area contributed by atoms with Gasteiger partial charge in [-0.1, -0.05) is 12.1 Å². The van der Waals surface area contributed by atoms with Gasteiger partial charge in [0.1, 0.15) is 0 Å². The van der Waals surface area contributed by atoms with E-state index in [0.717, 1.165) is 0 Å². The van der Waals surface area contributed by atoms with Gasteiger partial charge in [-0.25, -0.2) is 0 Å². The minimum Gasteiger partial charge on any atom is -0.493 e. The normalized spacial score (nSPS) is 11.6. The number of halogens is 1. The summed E-state index contributed by atoms with van der Waals surface area (Å²) in [7, 11) is 1.60. The zero-order chi connectivity index (χ0) is 11.8. The number of nitriles is 1. The maximum Gasteiger partial charge on any atom is 0.161 e. The summed E-state index contributed by atoms with van der Waals surface area (Å²) in [5.74, 6) is 1.57. The van der Waals surface area contributed by atoms with Crippen molar-refractivity contribution in [2.24, 2.45) is 5.92 Å². The summed E-state index contributed by atoms with van der Waals surface area (Å²) in [6.07, 6.45) is 0.623. The monoisotopic (exact) mass is 239 g/mol. The Morgan fingerprint density at radius 3 is 2.62 bits per heavy atom. The van der Waals surface area contributed by atoms with Crippen LogP contribution in [0.1, 0.15) is 6.42 Å². The van der Waals surface area contributed by atoms with E-state index < -0.39 is 0 Å². The summed E-state index contributed by atoms with van der Waals surface area (Å²) in [4.78, 5) is 0. The van der Waals surface area contributed by atoms with E-state index in [1.807, 2.05) is 24.3 Å². The Balaban J connectivity index is 2.46. The van der Waals surface area contributed by atoms with Crippen LogP contribution in [-0.2, 0) is 0 Å². The highest BCUT2D eigenvalue weighted by atomic mass is 35.5. The van der Waals surface area contributed by atoms with Crippen molar-refractivity contribution in [1.29, 1.82) is 5.26 Å². The third-order valence-electron chi connectivity index (χ3n) is 2.16. The second-order valence-corrected chi connectivity index (χ2v) is 3.58. The third kappa shape index (κ3) is 3.63. The zero-order valence-corrected chi connectivity index (χ0v) is 9.91. The summed E-state index contributed by atoms with van der Waals surface area (Å²) in [6, 6.07) is 9.54. The van der Waals surface area contributed by atoms with Gasteiger partial charge in [-0.2, -0.15) is 5.26 Å². The number of hydrogen-bond acceptors (Lipinski definition) is 3. The number of para-hydroxylation sites is 2. The molecule has 1 rings (SSSR count). The molecule has 0 saturated heterocycles. The SMILES string of the molecule is COc1ccccc1OCCC(C#N)CCl. The molecule has 0 heterocycles. The molecule has 3 nitrogen and oxygen atoms in total. The molecule has 0 saturated carbocycles. The minimum atomic E-state index is -0.156. The van der Waals surface area contributed by atoms with Gasteiger partial charge in [0, 0.05) is 5.88 Å². The number of benzene rings is 1. The summed E-state index contributed by atoms with van der Waals surface area (Å²) in [6.45, 7) is 0.464. The molecule has 0 aromatic heterocycles. The largest absolute Gasteiger partial charge is 0.493 e. The third-order valence-corrected chi connectivity index (χ3v) is 2.53. The van der Waals surface area contributed by atoms with Gasteiger partial charge in [-0.05, 0) is 18.6 Å². The van der Waals surface area contributed by atoms with Gasteiger partial charge in [-0.3, -0.25) is 0 Å². The first-order valence-electron chi connectivity index (χ1n) is 5.03. The van der Waals surface area contributed by atoms with Crippen molar-refractivity contribution in [2.45, 2.75) is 6.42 Å². The topological polar surface area (TPSA) is 42.2 Å². The highest BCUT2D eigenvalue weighted by Crippen LogP contribution is 2.26. The van der Waals surface area contributed by atoms with E-state index in [4.69, 9.17) is 26.3 Å². The maximum absolute atomic E-state index is 8.71. The van der Waals surface area contributed by atoms with Crippen LogP contribution >= 0.6 is 11.6 Å². The Kier molecular flexibility index (Phi) is 5.52. The van der Waals surface area contributed by atoms with Crippen molar-refractivity contribution in [3.63, 3.8) is 0 Å². The van der Waals surface area contributed by atoms with Gasteiger partial charge >= 0.3 is 0 Å². The molecule has 0 bridgehead atoms. The first kappa shape index (κ1) is 12.7. The van der Waals surface area contributed by atoms with E-state index in [9.17, 15) is 0 Å². The number of hydrogen-bond donors (Lipinski definition) is 0.